The Bertz CT molecular complexity index is 8890. The van der Waals surface area contributed by atoms with Gasteiger partial charge in [0.15, 0.2) is 34.5 Å². The highest BCUT2D eigenvalue weighted by molar-refractivity contribution is 6.01. The van der Waals surface area contributed by atoms with E-state index in [0.29, 0.717) is 0 Å². The number of ether oxygens (including phenoxy) is 3. The van der Waals surface area contributed by atoms with Gasteiger partial charge in [-0.15, -0.1) is 0 Å². The summed E-state index contributed by atoms with van der Waals surface area (Å²) in [6.07, 6.45) is 0. The van der Waals surface area contributed by atoms with Gasteiger partial charge in [-0.2, -0.15) is 0 Å². The molecule has 25 aromatic rings. The SMILES string of the molecule is c1ccc(-c2nc3cccc4c3n2-c2cccc(-c3cc(-c5ccc6ccccc6c5)cc(-c5ccc6ccccc6c5)c3)c2O4)cc1.c1ccc(-c2nc3cccc4c3n2-c2cccc(-c3ccc(-c5nc6ccccc6n5-c5ccccc5)cc3)c2O4)cc1.c1ccc(-c2nc3cccc4c3n2-c2cccc(-c3ccc5cc(-c6ccc7ccccc7c6)ccc5c3)c2O4)cc1. The predicted molar refractivity (Wildman–Crippen MR) is 542 cm³/mol. The van der Waals surface area contributed by atoms with Crippen LogP contribution in [0.2, 0.25) is 0 Å². The van der Waals surface area contributed by atoms with E-state index in [1.54, 1.807) is 0 Å². The van der Waals surface area contributed by atoms with Crippen LogP contribution in [0.3, 0.4) is 0 Å². The molecule has 3 aliphatic heterocycles. The summed E-state index contributed by atoms with van der Waals surface area (Å²) in [6.45, 7) is 0. The van der Waals surface area contributed by atoms with E-state index in [-0.39, 0.29) is 0 Å². The number of benzene rings is 21. The molecular weight excluding hydrogens is 1630 g/mol. The van der Waals surface area contributed by atoms with Crippen LogP contribution in [0.1, 0.15) is 0 Å². The maximum atomic E-state index is 6.83. The van der Waals surface area contributed by atoms with Gasteiger partial charge in [0.1, 0.15) is 39.8 Å². The number of para-hydroxylation sites is 9. The fourth-order valence-corrected chi connectivity index (χ4v) is 19.7. The van der Waals surface area contributed by atoms with Gasteiger partial charge in [0, 0.05) is 44.6 Å². The zero-order valence-electron chi connectivity index (χ0n) is 71.7. The average Bonchev–Trinajstić information content (AvgIpc) is 1.60. The molecule has 11 nitrogen and oxygen atoms in total. The van der Waals surface area contributed by atoms with E-state index in [4.69, 9.17) is 34.1 Å². The van der Waals surface area contributed by atoms with Crippen molar-refractivity contribution in [3.05, 3.63) is 461 Å². The maximum absolute atomic E-state index is 6.83. The van der Waals surface area contributed by atoms with E-state index in [9.17, 15) is 0 Å². The zero-order chi connectivity index (χ0) is 87.6. The van der Waals surface area contributed by atoms with E-state index < -0.39 is 0 Å². The number of hydrogen-bond acceptors (Lipinski definition) is 7. The molecule has 0 N–H and O–H groups in total. The van der Waals surface area contributed by atoms with Crippen molar-refractivity contribution < 1.29 is 14.2 Å². The molecule has 28 rings (SSSR count). The van der Waals surface area contributed by atoms with Crippen molar-refractivity contribution in [2.45, 2.75) is 0 Å². The summed E-state index contributed by atoms with van der Waals surface area (Å²) in [5.41, 5.74) is 29.6. The fourth-order valence-electron chi connectivity index (χ4n) is 19.7. The second-order valence-corrected chi connectivity index (χ2v) is 34.0. The van der Waals surface area contributed by atoms with Gasteiger partial charge in [0.05, 0.1) is 44.6 Å². The normalized spacial score (nSPS) is 11.9. The van der Waals surface area contributed by atoms with Crippen LogP contribution in [0, 0.1) is 0 Å². The van der Waals surface area contributed by atoms with Crippen LogP contribution in [0.5, 0.6) is 34.5 Å². The molecule has 0 fully saturated rings. The Morgan fingerprint density at radius 1 is 0.165 bits per heavy atom. The Balaban J connectivity index is 0.000000105. The Kier molecular flexibility index (Phi) is 18.0. The van der Waals surface area contributed by atoms with Crippen LogP contribution in [0.15, 0.2) is 461 Å². The van der Waals surface area contributed by atoms with E-state index in [0.717, 1.165) is 191 Å². The summed E-state index contributed by atoms with van der Waals surface area (Å²) in [5, 5.41) is 9.84. The Morgan fingerprint density at radius 2 is 0.444 bits per heavy atom. The third kappa shape index (κ3) is 13.2. The summed E-state index contributed by atoms with van der Waals surface area (Å²) < 4.78 is 29.1. The molecule has 21 aromatic carbocycles. The lowest BCUT2D eigenvalue weighted by Gasteiger charge is -2.24. The molecule has 3 aliphatic rings. The standard InChI is InChI=1S/C45H28N2O.C39H24N2O.C38H24N4O/c1-2-12-31(13-3-1)45-46-40-17-9-19-42-43(40)47(45)41-18-8-16-39(44(41)48-42)38-27-36(34-22-20-29-10-4-6-14-32(29)24-34)26-37(28-38)35-23-21-30-11-5-7-15-33(30)25-35;1-2-9-26(10-3-1)39-40-34-13-7-15-36-37(34)41(39)35-14-6-12-33(38(35)42-36)32-21-20-30-23-29(18-19-31(30)24-32)28-17-16-25-8-4-5-11-27(25)22-28;1-3-11-26(12-4-1)38-40-31-17-10-20-34-35(31)42(38)33-19-9-15-29(36(33)43-34)25-21-23-27(24-22-25)37-39-30-16-7-8-18-32(30)41(37)28-13-5-2-6-14-28/h1-28H;1-24H;1-24H. The Morgan fingerprint density at radius 3 is 0.872 bits per heavy atom. The molecule has 0 aliphatic carbocycles. The van der Waals surface area contributed by atoms with E-state index in [1.165, 1.54) is 65.3 Å². The summed E-state index contributed by atoms with van der Waals surface area (Å²) in [4.78, 5) is 20.2. The second-order valence-electron chi connectivity index (χ2n) is 34.0. The number of fused-ring (bicyclic) bond motifs is 11. The lowest BCUT2D eigenvalue weighted by atomic mass is 9.91. The highest BCUT2D eigenvalue weighted by Crippen LogP contribution is 2.53. The number of hydrogen-bond donors (Lipinski definition) is 0. The lowest BCUT2D eigenvalue weighted by Crippen LogP contribution is -2.07. The van der Waals surface area contributed by atoms with Gasteiger partial charge in [0.25, 0.3) is 0 Å². The molecule has 0 unspecified atom stereocenters. The van der Waals surface area contributed by atoms with Gasteiger partial charge in [-0.3, -0.25) is 18.3 Å². The van der Waals surface area contributed by atoms with Crippen molar-refractivity contribution in [3.8, 4) is 170 Å². The highest BCUT2D eigenvalue weighted by atomic mass is 16.5. The number of rotatable bonds is 11. The smallest absolute Gasteiger partial charge is 0.159 e. The Labute approximate surface area is 765 Å². The quantitative estimate of drug-likeness (QED) is 0.127. The summed E-state index contributed by atoms with van der Waals surface area (Å²) >= 11 is 0. The largest absolute Gasteiger partial charge is 0.452 e. The molecule has 0 bridgehead atoms. The van der Waals surface area contributed by atoms with Gasteiger partial charge in [-0.1, -0.05) is 334 Å². The second kappa shape index (κ2) is 31.5. The van der Waals surface area contributed by atoms with Crippen LogP contribution in [0.25, 0.3) is 222 Å². The molecule has 0 spiro atoms. The first kappa shape index (κ1) is 76.2. The van der Waals surface area contributed by atoms with Gasteiger partial charge in [-0.05, 0) is 221 Å². The monoisotopic (exact) mass is 1700 g/mol. The molecule has 0 saturated heterocycles. The minimum atomic E-state index is 0.806. The predicted octanol–water partition coefficient (Wildman–Crippen LogP) is 32.0. The summed E-state index contributed by atoms with van der Waals surface area (Å²) in [7, 11) is 0. The molecule has 0 atom stereocenters. The molecule has 11 heteroatoms. The third-order valence-electron chi connectivity index (χ3n) is 26.0. The van der Waals surface area contributed by atoms with Crippen molar-refractivity contribution in [1.82, 2.24) is 38.2 Å². The topological polar surface area (TPSA) is 99.0 Å². The summed E-state index contributed by atoms with van der Waals surface area (Å²) in [5.74, 6) is 8.56. The first-order chi connectivity index (χ1) is 65.9. The van der Waals surface area contributed by atoms with E-state index in [1.807, 2.05) is 84.9 Å². The van der Waals surface area contributed by atoms with E-state index >= 15 is 0 Å². The minimum absolute atomic E-state index is 0.806. The summed E-state index contributed by atoms with van der Waals surface area (Å²) in [6, 6.07) is 162. The van der Waals surface area contributed by atoms with Crippen LogP contribution in [0.4, 0.5) is 0 Å². The Hall–Kier alpha value is -18.1. The van der Waals surface area contributed by atoms with Gasteiger partial charge >= 0.3 is 0 Å². The van der Waals surface area contributed by atoms with E-state index in [2.05, 4.69) is 394 Å². The molecule has 4 aromatic heterocycles. The molecule has 133 heavy (non-hydrogen) atoms. The number of nitrogens with zero attached hydrogens (tertiary/aromatic N) is 8. The minimum Gasteiger partial charge on any atom is -0.452 e. The maximum Gasteiger partial charge on any atom is 0.159 e. The van der Waals surface area contributed by atoms with Crippen molar-refractivity contribution in [1.29, 1.82) is 0 Å². The van der Waals surface area contributed by atoms with Crippen LogP contribution >= 0.6 is 0 Å². The average molecular weight is 1700 g/mol. The van der Waals surface area contributed by atoms with Crippen molar-refractivity contribution >= 4 is 87.2 Å². The van der Waals surface area contributed by atoms with Crippen LogP contribution in [-0.4, -0.2) is 38.2 Å². The molecular formula is C122H76N8O3. The van der Waals surface area contributed by atoms with Gasteiger partial charge in [0.2, 0.25) is 0 Å². The molecule has 0 radical (unpaired) electrons. The zero-order valence-corrected chi connectivity index (χ0v) is 71.7. The lowest BCUT2D eigenvalue weighted by molar-refractivity contribution is 0.477. The fraction of sp³-hybridized carbons (Fsp3) is 0. The number of imidazole rings is 4. The molecule has 622 valence electrons. The third-order valence-corrected chi connectivity index (χ3v) is 26.0. The van der Waals surface area contributed by atoms with Crippen LogP contribution in [-0.2, 0) is 0 Å². The first-order valence-electron chi connectivity index (χ1n) is 44.9. The van der Waals surface area contributed by atoms with Gasteiger partial charge < -0.3 is 14.2 Å². The number of aromatic nitrogens is 8. The van der Waals surface area contributed by atoms with Crippen molar-refractivity contribution in [2.24, 2.45) is 0 Å². The molecule has 7 heterocycles. The first-order valence-corrected chi connectivity index (χ1v) is 44.9. The molecule has 0 amide bonds. The van der Waals surface area contributed by atoms with Crippen molar-refractivity contribution in [3.63, 3.8) is 0 Å². The van der Waals surface area contributed by atoms with Gasteiger partial charge in [-0.25, -0.2) is 19.9 Å². The highest BCUT2D eigenvalue weighted by Gasteiger charge is 2.32. The van der Waals surface area contributed by atoms with Crippen LogP contribution < -0.4 is 14.2 Å². The molecule has 0 saturated carbocycles. The van der Waals surface area contributed by atoms with Crippen molar-refractivity contribution in [2.75, 3.05) is 0 Å².